The molecule has 24 heavy (non-hydrogen) atoms. The Labute approximate surface area is 140 Å². The van der Waals surface area contributed by atoms with Gasteiger partial charge in [-0.25, -0.2) is 14.9 Å². The van der Waals surface area contributed by atoms with Crippen LogP contribution in [-0.2, 0) is 9.31 Å². The first kappa shape index (κ1) is 16.5. The molecule has 2 heterocycles. The summed E-state index contributed by atoms with van der Waals surface area (Å²) < 4.78 is 13.4. The van der Waals surface area contributed by atoms with Gasteiger partial charge >= 0.3 is 13.1 Å². The van der Waals surface area contributed by atoms with Gasteiger partial charge in [-0.15, -0.1) is 10.2 Å². The van der Waals surface area contributed by atoms with Gasteiger partial charge in [-0.05, 0) is 45.3 Å². The fraction of sp³-hybridized carbons (Fsp3) is 0.400. The molecule has 0 unspecified atom stereocenters. The number of nitrogens with zero attached hydrogens (tertiary/aromatic N) is 3. The molecule has 1 fully saturated rings. The number of rotatable bonds is 3. The Morgan fingerprint density at radius 3 is 2.12 bits per heavy atom. The summed E-state index contributed by atoms with van der Waals surface area (Å²) in [4.78, 5) is 11.8. The number of nitrogens with one attached hydrogen (secondary N) is 2. The topological polar surface area (TPSA) is 90.3 Å². The summed E-state index contributed by atoms with van der Waals surface area (Å²) in [6, 6.07) is 6.95. The van der Waals surface area contributed by atoms with Crippen LogP contribution in [0.25, 0.3) is 0 Å². The third kappa shape index (κ3) is 3.27. The van der Waals surface area contributed by atoms with Crippen molar-refractivity contribution in [2.75, 3.05) is 10.7 Å². The average Bonchev–Trinajstić information content (AvgIpc) is 3.06. The summed E-state index contributed by atoms with van der Waals surface area (Å²) in [5.41, 5.74) is 3.35. The molecule has 2 N–H and O–H groups in total. The maximum absolute atomic E-state index is 11.8. The molecule has 0 aliphatic carbocycles. The van der Waals surface area contributed by atoms with Crippen LogP contribution in [0.4, 0.5) is 10.5 Å². The lowest BCUT2D eigenvalue weighted by molar-refractivity contribution is 0.00578. The van der Waals surface area contributed by atoms with Crippen molar-refractivity contribution >= 4 is 24.3 Å². The Kier molecular flexibility index (Phi) is 4.06. The smallest absolute Gasteiger partial charge is 0.399 e. The number of aromatic nitrogens is 3. The standard InChI is InChI=1S/C15H20BN5O3/c1-14(2)15(3,4)24-16(23-14)11-5-7-12(8-6-11)19-13(22)20-21-9-17-18-10-21/h5-10H,1-4H3,(H2,19,20,22). The van der Waals surface area contributed by atoms with E-state index in [9.17, 15) is 4.79 Å². The van der Waals surface area contributed by atoms with Crippen LogP contribution in [0.5, 0.6) is 0 Å². The number of hydrogen-bond acceptors (Lipinski definition) is 5. The summed E-state index contributed by atoms with van der Waals surface area (Å²) >= 11 is 0. The molecule has 9 heteroatoms. The quantitative estimate of drug-likeness (QED) is 0.830. The van der Waals surface area contributed by atoms with Gasteiger partial charge in [0.1, 0.15) is 12.7 Å². The molecule has 0 spiro atoms. The van der Waals surface area contributed by atoms with Crippen molar-refractivity contribution in [3.63, 3.8) is 0 Å². The van der Waals surface area contributed by atoms with E-state index in [0.717, 1.165) is 5.46 Å². The molecule has 2 aromatic rings. The van der Waals surface area contributed by atoms with Gasteiger partial charge in [-0.3, -0.25) is 0 Å². The Balaban J connectivity index is 1.63. The summed E-state index contributed by atoms with van der Waals surface area (Å²) in [6.07, 6.45) is 2.78. The van der Waals surface area contributed by atoms with E-state index in [4.69, 9.17) is 9.31 Å². The van der Waals surface area contributed by atoms with Crippen LogP contribution in [0.15, 0.2) is 36.9 Å². The van der Waals surface area contributed by atoms with E-state index in [0.29, 0.717) is 5.69 Å². The number of urea groups is 1. The highest BCUT2D eigenvalue weighted by Crippen LogP contribution is 2.36. The molecule has 3 rings (SSSR count). The normalized spacial score (nSPS) is 18.4. The third-order valence-corrected chi connectivity index (χ3v) is 4.34. The number of anilines is 1. The summed E-state index contributed by atoms with van der Waals surface area (Å²) in [7, 11) is -0.421. The van der Waals surface area contributed by atoms with Crippen LogP contribution in [-0.4, -0.2) is 39.2 Å². The first-order valence-corrected chi connectivity index (χ1v) is 7.65. The van der Waals surface area contributed by atoms with Crippen LogP contribution < -0.4 is 16.2 Å². The molecule has 0 bridgehead atoms. The molecule has 2 amide bonds. The molecule has 0 saturated carbocycles. The van der Waals surface area contributed by atoms with E-state index in [1.165, 1.54) is 17.3 Å². The van der Waals surface area contributed by atoms with Crippen molar-refractivity contribution in [1.29, 1.82) is 0 Å². The van der Waals surface area contributed by atoms with Crippen LogP contribution in [0.1, 0.15) is 27.7 Å². The average molecular weight is 329 g/mol. The van der Waals surface area contributed by atoms with E-state index >= 15 is 0 Å². The van der Waals surface area contributed by atoms with Gasteiger partial charge in [0.25, 0.3) is 0 Å². The maximum atomic E-state index is 11.8. The minimum absolute atomic E-state index is 0.382. The first-order chi connectivity index (χ1) is 11.3. The largest absolute Gasteiger partial charge is 0.494 e. The predicted octanol–water partition coefficient (Wildman–Crippen LogP) is 1.35. The molecule has 1 aliphatic rings. The number of carbonyl (C=O) groups excluding carboxylic acids is 1. The van der Waals surface area contributed by atoms with Gasteiger partial charge in [-0.2, -0.15) is 0 Å². The zero-order valence-electron chi connectivity index (χ0n) is 14.1. The lowest BCUT2D eigenvalue weighted by Gasteiger charge is -2.32. The minimum atomic E-state index is -0.421. The Bertz CT molecular complexity index is 699. The van der Waals surface area contributed by atoms with Gasteiger partial charge in [0.15, 0.2) is 0 Å². The van der Waals surface area contributed by atoms with Gasteiger partial charge in [-0.1, -0.05) is 12.1 Å². The van der Waals surface area contributed by atoms with Crippen molar-refractivity contribution in [3.05, 3.63) is 36.9 Å². The van der Waals surface area contributed by atoms with Crippen LogP contribution in [0, 0.1) is 0 Å². The monoisotopic (exact) mass is 329 g/mol. The fourth-order valence-corrected chi connectivity index (χ4v) is 2.24. The number of benzene rings is 1. The maximum Gasteiger partial charge on any atom is 0.494 e. The molecule has 1 aromatic carbocycles. The zero-order chi connectivity index (χ0) is 17.4. The highest BCUT2D eigenvalue weighted by molar-refractivity contribution is 6.62. The summed E-state index contributed by atoms with van der Waals surface area (Å²) in [5.74, 6) is 0. The Morgan fingerprint density at radius 1 is 1.04 bits per heavy atom. The van der Waals surface area contributed by atoms with E-state index < -0.39 is 13.1 Å². The highest BCUT2D eigenvalue weighted by atomic mass is 16.7. The second-order valence-electron chi connectivity index (χ2n) is 6.65. The van der Waals surface area contributed by atoms with E-state index in [1.807, 2.05) is 39.8 Å². The summed E-state index contributed by atoms with van der Waals surface area (Å²) in [5, 5.41) is 9.93. The van der Waals surface area contributed by atoms with Crippen molar-refractivity contribution in [2.45, 2.75) is 38.9 Å². The molecule has 0 atom stereocenters. The zero-order valence-corrected chi connectivity index (χ0v) is 14.1. The van der Waals surface area contributed by atoms with Gasteiger partial charge in [0.05, 0.1) is 11.2 Å². The molecule has 1 saturated heterocycles. The van der Waals surface area contributed by atoms with Crippen LogP contribution >= 0.6 is 0 Å². The SMILES string of the molecule is CC1(C)OB(c2ccc(NC(=O)Nn3cnnc3)cc2)OC1(C)C. The molecular weight excluding hydrogens is 309 g/mol. The van der Waals surface area contributed by atoms with Gasteiger partial charge in [0, 0.05) is 5.69 Å². The van der Waals surface area contributed by atoms with E-state index in [1.54, 1.807) is 12.1 Å². The third-order valence-electron chi connectivity index (χ3n) is 4.34. The number of amides is 2. The second kappa shape index (κ2) is 5.92. The predicted molar refractivity (Wildman–Crippen MR) is 90.6 cm³/mol. The minimum Gasteiger partial charge on any atom is -0.399 e. The first-order valence-electron chi connectivity index (χ1n) is 7.65. The number of hydrogen-bond donors (Lipinski definition) is 2. The molecular formula is C15H20BN5O3. The van der Waals surface area contributed by atoms with E-state index in [2.05, 4.69) is 20.9 Å². The Morgan fingerprint density at radius 2 is 1.58 bits per heavy atom. The van der Waals surface area contributed by atoms with Crippen molar-refractivity contribution < 1.29 is 14.1 Å². The van der Waals surface area contributed by atoms with Gasteiger partial charge in [0.2, 0.25) is 0 Å². The number of carbonyl (C=O) groups is 1. The fourth-order valence-electron chi connectivity index (χ4n) is 2.24. The lowest BCUT2D eigenvalue weighted by atomic mass is 9.79. The van der Waals surface area contributed by atoms with Crippen LogP contribution in [0.2, 0.25) is 0 Å². The molecule has 1 aromatic heterocycles. The second-order valence-corrected chi connectivity index (χ2v) is 6.65. The van der Waals surface area contributed by atoms with E-state index in [-0.39, 0.29) is 11.2 Å². The molecule has 1 aliphatic heterocycles. The molecule has 8 nitrogen and oxygen atoms in total. The van der Waals surface area contributed by atoms with Gasteiger partial charge < -0.3 is 14.6 Å². The lowest BCUT2D eigenvalue weighted by Crippen LogP contribution is -2.41. The van der Waals surface area contributed by atoms with Crippen molar-refractivity contribution in [3.8, 4) is 0 Å². The van der Waals surface area contributed by atoms with Crippen molar-refractivity contribution in [1.82, 2.24) is 14.9 Å². The molecule has 126 valence electrons. The molecule has 0 radical (unpaired) electrons. The Hall–Kier alpha value is -2.39. The summed E-state index contributed by atoms with van der Waals surface area (Å²) in [6.45, 7) is 8.05. The van der Waals surface area contributed by atoms with Crippen molar-refractivity contribution in [2.24, 2.45) is 0 Å². The highest BCUT2D eigenvalue weighted by Gasteiger charge is 2.51. The van der Waals surface area contributed by atoms with Crippen LogP contribution in [0.3, 0.4) is 0 Å².